The van der Waals surface area contributed by atoms with Gasteiger partial charge in [0.25, 0.3) is 0 Å². The lowest BCUT2D eigenvalue weighted by Crippen LogP contribution is -2.23. The highest BCUT2D eigenvalue weighted by Crippen LogP contribution is 2.32. The van der Waals surface area contributed by atoms with E-state index in [-0.39, 0.29) is 5.69 Å². The van der Waals surface area contributed by atoms with Crippen LogP contribution in [0.15, 0.2) is 36.4 Å². The molecule has 3 rings (SSSR count). The minimum atomic E-state index is -5.11. The maximum Gasteiger partial charge on any atom is 0.436 e. The van der Waals surface area contributed by atoms with E-state index >= 15 is 0 Å². The fourth-order valence-corrected chi connectivity index (χ4v) is 2.27. The Morgan fingerprint density at radius 2 is 1.63 bits per heavy atom. The molecule has 0 spiro atoms. The van der Waals surface area contributed by atoms with Gasteiger partial charge < -0.3 is 11.1 Å². The quantitative estimate of drug-likeness (QED) is 0.580. The number of aromatic nitrogens is 2. The van der Waals surface area contributed by atoms with Crippen molar-refractivity contribution in [3.63, 3.8) is 0 Å². The molecule has 0 atom stereocenters. The number of nitrogens with zero attached hydrogens (tertiary/aromatic N) is 2. The van der Waals surface area contributed by atoms with Crippen LogP contribution in [0.4, 0.5) is 44.2 Å². The molecule has 27 heavy (non-hydrogen) atoms. The minimum absolute atomic E-state index is 0.276. The first-order chi connectivity index (χ1) is 12.6. The van der Waals surface area contributed by atoms with Crippen molar-refractivity contribution >= 4 is 34.3 Å². The topological polar surface area (TPSA) is 92.9 Å². The summed E-state index contributed by atoms with van der Waals surface area (Å²) in [6, 6.07) is 7.58. The van der Waals surface area contributed by atoms with Gasteiger partial charge in [-0.1, -0.05) is 12.1 Å². The summed E-state index contributed by atoms with van der Waals surface area (Å²) in [6.07, 6.45) is -5.11. The molecule has 1 heterocycles. The van der Waals surface area contributed by atoms with E-state index in [1.165, 1.54) is 30.3 Å². The Labute approximate surface area is 148 Å². The number of halogens is 5. The van der Waals surface area contributed by atoms with Crippen LogP contribution in [0.5, 0.6) is 0 Å². The third-order valence-corrected chi connectivity index (χ3v) is 3.43. The summed E-state index contributed by atoms with van der Waals surface area (Å²) in [5.74, 6) is -4.12. The van der Waals surface area contributed by atoms with Crippen molar-refractivity contribution in [1.29, 1.82) is 0 Å². The average molecular weight is 383 g/mol. The number of hydrogen-bond acceptors (Lipinski definition) is 4. The lowest BCUT2D eigenvalue weighted by Gasteiger charge is -2.11. The Hall–Kier alpha value is -3.50. The smallest absolute Gasteiger partial charge is 0.381 e. The molecule has 11 heteroatoms. The molecule has 0 aliphatic heterocycles. The van der Waals surface area contributed by atoms with E-state index in [1.807, 2.05) is 5.32 Å². The van der Waals surface area contributed by atoms with E-state index < -0.39 is 41.3 Å². The number of benzene rings is 2. The number of urea groups is 1. The molecule has 4 N–H and O–H groups in total. The lowest BCUT2D eigenvalue weighted by molar-refractivity contribution is -0.143. The maximum atomic E-state index is 13.4. The van der Waals surface area contributed by atoms with Crippen LogP contribution in [-0.2, 0) is 6.18 Å². The second-order valence-electron chi connectivity index (χ2n) is 5.38. The lowest BCUT2D eigenvalue weighted by atomic mass is 10.1. The van der Waals surface area contributed by atoms with Crippen molar-refractivity contribution < 1.29 is 26.7 Å². The summed E-state index contributed by atoms with van der Waals surface area (Å²) in [6.45, 7) is 0. The largest absolute Gasteiger partial charge is 0.436 e. The van der Waals surface area contributed by atoms with Gasteiger partial charge in [-0.25, -0.2) is 18.6 Å². The van der Waals surface area contributed by atoms with Crippen molar-refractivity contribution in [2.24, 2.45) is 0 Å². The molecule has 3 aromatic rings. The number of alkyl halides is 3. The van der Waals surface area contributed by atoms with Gasteiger partial charge in [-0.2, -0.15) is 18.2 Å². The van der Waals surface area contributed by atoms with Gasteiger partial charge in [0.05, 0.1) is 0 Å². The summed E-state index contributed by atoms with van der Waals surface area (Å²) in [7, 11) is 0. The highest BCUT2D eigenvalue weighted by atomic mass is 19.4. The summed E-state index contributed by atoms with van der Waals surface area (Å²) < 4.78 is 64.8. The van der Waals surface area contributed by atoms with Crippen LogP contribution in [0.2, 0.25) is 0 Å². The Morgan fingerprint density at radius 3 is 2.33 bits per heavy atom. The second-order valence-corrected chi connectivity index (χ2v) is 5.38. The van der Waals surface area contributed by atoms with E-state index in [9.17, 15) is 26.7 Å². The van der Waals surface area contributed by atoms with Gasteiger partial charge in [0.1, 0.15) is 5.82 Å². The fourth-order valence-electron chi connectivity index (χ4n) is 2.27. The van der Waals surface area contributed by atoms with Crippen LogP contribution in [0.3, 0.4) is 0 Å². The van der Waals surface area contributed by atoms with Crippen molar-refractivity contribution in [3.8, 4) is 0 Å². The number of nitrogen functional groups attached to an aromatic ring is 1. The molecule has 140 valence electrons. The van der Waals surface area contributed by atoms with E-state index in [2.05, 4.69) is 15.3 Å². The molecule has 0 aliphatic carbocycles. The van der Waals surface area contributed by atoms with E-state index in [1.54, 1.807) is 6.07 Å². The molecule has 0 aliphatic rings. The molecule has 6 nitrogen and oxygen atoms in total. The number of fused-ring (bicyclic) bond motifs is 1. The number of anilines is 3. The number of carbonyl (C=O) groups is 1. The molecule has 1 aromatic heterocycles. The van der Waals surface area contributed by atoms with Crippen LogP contribution in [0, 0.1) is 11.6 Å². The van der Waals surface area contributed by atoms with Crippen LogP contribution >= 0.6 is 0 Å². The molecule has 0 saturated carbocycles. The Kier molecular flexibility index (Phi) is 4.52. The van der Waals surface area contributed by atoms with Crippen LogP contribution in [-0.4, -0.2) is 16.0 Å². The summed E-state index contributed by atoms with van der Waals surface area (Å²) >= 11 is 0. The van der Waals surface area contributed by atoms with Crippen LogP contribution in [0.1, 0.15) is 5.69 Å². The predicted octanol–water partition coefficient (Wildman–Crippen LogP) is 4.15. The minimum Gasteiger partial charge on any atom is -0.381 e. The van der Waals surface area contributed by atoms with Gasteiger partial charge in [0.15, 0.2) is 17.3 Å². The van der Waals surface area contributed by atoms with Gasteiger partial charge in [-0.15, -0.1) is 0 Å². The maximum absolute atomic E-state index is 13.4. The highest BCUT2D eigenvalue weighted by Gasteiger charge is 2.38. The first-order valence-corrected chi connectivity index (χ1v) is 7.31. The van der Waals surface area contributed by atoms with Crippen LogP contribution < -0.4 is 16.4 Å². The number of carbonyl (C=O) groups excluding carboxylic acids is 1. The summed E-state index contributed by atoms with van der Waals surface area (Å²) in [5, 5.41) is 5.51. The molecule has 0 unspecified atom stereocenters. The van der Waals surface area contributed by atoms with Crippen LogP contribution in [0.25, 0.3) is 10.8 Å². The van der Waals surface area contributed by atoms with E-state index in [0.29, 0.717) is 10.8 Å². The normalized spacial score (nSPS) is 11.4. The molecule has 0 saturated heterocycles. The van der Waals surface area contributed by atoms with Gasteiger partial charge in [0, 0.05) is 5.69 Å². The molecule has 0 bridgehead atoms. The van der Waals surface area contributed by atoms with Crippen molar-refractivity contribution in [3.05, 3.63) is 53.7 Å². The molecular formula is C16H10F5N5O. The first kappa shape index (κ1) is 18.3. The second kappa shape index (κ2) is 6.67. The Morgan fingerprint density at radius 1 is 0.963 bits per heavy atom. The monoisotopic (exact) mass is 383 g/mol. The number of nitrogens with two attached hydrogens (primary N) is 1. The molecular weight excluding hydrogens is 373 g/mol. The van der Waals surface area contributed by atoms with Crippen molar-refractivity contribution in [1.82, 2.24) is 9.97 Å². The van der Waals surface area contributed by atoms with Gasteiger partial charge in [-0.05, 0) is 35.0 Å². The zero-order valence-corrected chi connectivity index (χ0v) is 13.2. The summed E-state index contributed by atoms with van der Waals surface area (Å²) in [5.41, 5.74) is 3.48. The van der Waals surface area contributed by atoms with Gasteiger partial charge in [0.2, 0.25) is 5.95 Å². The molecule has 2 amide bonds. The zero-order valence-electron chi connectivity index (χ0n) is 13.2. The van der Waals surface area contributed by atoms with Crippen molar-refractivity contribution in [2.45, 2.75) is 6.18 Å². The van der Waals surface area contributed by atoms with Crippen molar-refractivity contribution in [2.75, 3.05) is 16.4 Å². The number of nitrogens with one attached hydrogen (secondary N) is 2. The SMILES string of the molecule is Nc1nc(NC(=O)Nc2ccc3cc(F)ccc3c2)nc(C(F)(F)F)c1F. The Balaban J connectivity index is 1.80. The fraction of sp³-hybridized carbons (Fsp3) is 0.0625. The Bertz CT molecular complexity index is 1040. The third-order valence-electron chi connectivity index (χ3n) is 3.43. The molecule has 2 aromatic carbocycles. The number of amides is 2. The standard InChI is InChI=1S/C16H10F5N5O/c17-9-3-1-8-6-10(4-2-7(8)5-9)23-15(27)26-14-24-12(16(19,20)21)11(18)13(22)25-14/h1-6H,(H4,22,23,24,25,26,27). The number of hydrogen-bond donors (Lipinski definition) is 3. The molecule has 0 radical (unpaired) electrons. The van der Waals surface area contributed by atoms with Gasteiger partial charge in [-0.3, -0.25) is 5.32 Å². The third kappa shape index (κ3) is 4.02. The predicted molar refractivity (Wildman–Crippen MR) is 88.0 cm³/mol. The number of rotatable bonds is 2. The van der Waals surface area contributed by atoms with Gasteiger partial charge >= 0.3 is 12.2 Å². The average Bonchev–Trinajstić information content (AvgIpc) is 2.57. The highest BCUT2D eigenvalue weighted by molar-refractivity contribution is 6.00. The molecule has 0 fully saturated rings. The zero-order chi connectivity index (χ0) is 19.8. The first-order valence-electron chi connectivity index (χ1n) is 7.31. The van der Waals surface area contributed by atoms with E-state index in [0.717, 1.165) is 0 Å². The summed E-state index contributed by atoms with van der Waals surface area (Å²) in [4.78, 5) is 18.2. The van der Waals surface area contributed by atoms with E-state index in [4.69, 9.17) is 5.73 Å².